The summed E-state index contributed by atoms with van der Waals surface area (Å²) in [6.45, 7) is 3.99. The highest BCUT2D eigenvalue weighted by molar-refractivity contribution is 5.82. The number of ether oxygens (including phenoxy) is 1. The second-order valence-corrected chi connectivity index (χ2v) is 5.15. The maximum absolute atomic E-state index is 12.3. The van der Waals surface area contributed by atoms with Crippen molar-refractivity contribution in [1.29, 1.82) is 0 Å². The fourth-order valence-electron chi connectivity index (χ4n) is 2.65. The summed E-state index contributed by atoms with van der Waals surface area (Å²) >= 11 is 0. The molecule has 2 fully saturated rings. The Labute approximate surface area is 103 Å². The molecule has 0 aliphatic carbocycles. The Kier molecular flexibility index (Phi) is 4.36. The van der Waals surface area contributed by atoms with Crippen molar-refractivity contribution < 1.29 is 9.53 Å². The zero-order valence-corrected chi connectivity index (χ0v) is 10.8. The lowest BCUT2D eigenvalue weighted by atomic mass is 10.2. The van der Waals surface area contributed by atoms with Gasteiger partial charge in [-0.15, -0.1) is 0 Å². The first kappa shape index (κ1) is 12.8. The zero-order valence-electron chi connectivity index (χ0n) is 10.8. The molecule has 2 aliphatic heterocycles. The Hall–Kier alpha value is -0.650. The minimum absolute atomic E-state index is 0.168. The smallest absolute Gasteiger partial charge is 0.253 e. The van der Waals surface area contributed by atoms with Gasteiger partial charge in [-0.05, 0) is 26.9 Å². The highest BCUT2D eigenvalue weighted by Crippen LogP contribution is 2.19. The summed E-state index contributed by atoms with van der Waals surface area (Å²) in [5, 5.41) is 3.21. The van der Waals surface area contributed by atoms with Gasteiger partial charge >= 0.3 is 0 Å². The number of hydrogen-bond donors (Lipinski definition) is 1. The van der Waals surface area contributed by atoms with Crippen LogP contribution in [-0.2, 0) is 9.53 Å². The predicted molar refractivity (Wildman–Crippen MR) is 65.9 cm³/mol. The molecule has 0 aromatic heterocycles. The van der Waals surface area contributed by atoms with Gasteiger partial charge in [-0.3, -0.25) is 4.79 Å². The van der Waals surface area contributed by atoms with Crippen LogP contribution in [0.15, 0.2) is 0 Å². The fourth-order valence-corrected chi connectivity index (χ4v) is 2.65. The number of morpholine rings is 1. The van der Waals surface area contributed by atoms with E-state index in [0.717, 1.165) is 32.5 Å². The van der Waals surface area contributed by atoms with Crippen LogP contribution in [0.1, 0.15) is 12.8 Å². The van der Waals surface area contributed by atoms with Crippen LogP contribution in [0.2, 0.25) is 0 Å². The Morgan fingerprint density at radius 3 is 3.00 bits per heavy atom. The number of nitrogens with zero attached hydrogens (tertiary/aromatic N) is 2. The van der Waals surface area contributed by atoms with E-state index in [4.69, 9.17) is 4.74 Å². The van der Waals surface area contributed by atoms with E-state index in [9.17, 15) is 4.79 Å². The number of likely N-dealkylation sites (tertiary alicyclic amines) is 1. The Morgan fingerprint density at radius 1 is 1.53 bits per heavy atom. The highest BCUT2D eigenvalue weighted by Gasteiger charge is 2.34. The molecule has 0 radical (unpaired) electrons. The molecule has 98 valence electrons. The maximum Gasteiger partial charge on any atom is 0.253 e. The van der Waals surface area contributed by atoms with Gasteiger partial charge in [-0.2, -0.15) is 0 Å². The molecule has 0 aromatic carbocycles. The van der Waals surface area contributed by atoms with Gasteiger partial charge in [0.15, 0.2) is 0 Å². The highest BCUT2D eigenvalue weighted by atomic mass is 16.5. The third kappa shape index (κ3) is 3.18. The van der Waals surface area contributed by atoms with Crippen LogP contribution in [0.3, 0.4) is 0 Å². The van der Waals surface area contributed by atoms with Crippen LogP contribution in [-0.4, -0.2) is 74.7 Å². The topological polar surface area (TPSA) is 44.8 Å². The molecule has 2 saturated heterocycles. The molecule has 17 heavy (non-hydrogen) atoms. The van der Waals surface area contributed by atoms with Gasteiger partial charge < -0.3 is 19.9 Å². The zero-order chi connectivity index (χ0) is 12.3. The molecule has 5 heteroatoms. The van der Waals surface area contributed by atoms with Crippen molar-refractivity contribution in [2.75, 3.05) is 46.9 Å². The van der Waals surface area contributed by atoms with Gasteiger partial charge in [0.05, 0.1) is 6.61 Å². The molecule has 2 unspecified atom stereocenters. The summed E-state index contributed by atoms with van der Waals surface area (Å²) < 4.78 is 5.54. The molecule has 1 N–H and O–H groups in total. The van der Waals surface area contributed by atoms with Crippen molar-refractivity contribution in [3.8, 4) is 0 Å². The fraction of sp³-hybridized carbons (Fsp3) is 0.917. The number of amides is 1. The standard InChI is InChI=1S/C12H23N3O2/c1-14(2)9-10-4-3-6-15(10)12(16)11-8-13-5-7-17-11/h10-11,13H,3-9H2,1-2H3. The van der Waals surface area contributed by atoms with E-state index in [0.29, 0.717) is 19.2 Å². The van der Waals surface area contributed by atoms with E-state index >= 15 is 0 Å². The summed E-state index contributed by atoms with van der Waals surface area (Å²) in [7, 11) is 4.11. The van der Waals surface area contributed by atoms with E-state index < -0.39 is 0 Å². The van der Waals surface area contributed by atoms with Crippen LogP contribution in [0.5, 0.6) is 0 Å². The van der Waals surface area contributed by atoms with Gasteiger partial charge in [0.1, 0.15) is 6.10 Å². The van der Waals surface area contributed by atoms with Crippen LogP contribution < -0.4 is 5.32 Å². The van der Waals surface area contributed by atoms with Crippen molar-refractivity contribution in [2.24, 2.45) is 0 Å². The molecular formula is C12H23N3O2. The maximum atomic E-state index is 12.3. The van der Waals surface area contributed by atoms with E-state index in [1.54, 1.807) is 0 Å². The monoisotopic (exact) mass is 241 g/mol. The number of likely N-dealkylation sites (N-methyl/N-ethyl adjacent to an activating group) is 1. The largest absolute Gasteiger partial charge is 0.366 e. The number of nitrogens with one attached hydrogen (secondary N) is 1. The first-order valence-electron chi connectivity index (χ1n) is 6.46. The van der Waals surface area contributed by atoms with Gasteiger partial charge in [0, 0.05) is 32.2 Å². The van der Waals surface area contributed by atoms with Gasteiger partial charge in [-0.1, -0.05) is 0 Å². The normalized spacial score (nSPS) is 29.9. The lowest BCUT2D eigenvalue weighted by Gasteiger charge is -2.32. The third-order valence-electron chi connectivity index (χ3n) is 3.44. The van der Waals surface area contributed by atoms with Crippen molar-refractivity contribution in [2.45, 2.75) is 25.0 Å². The molecule has 0 saturated carbocycles. The predicted octanol–water partition coefficient (Wildman–Crippen LogP) is -0.473. The molecule has 2 heterocycles. The quantitative estimate of drug-likeness (QED) is 0.725. The number of carbonyl (C=O) groups excluding carboxylic acids is 1. The number of rotatable bonds is 3. The Bertz CT molecular complexity index is 264. The van der Waals surface area contributed by atoms with Gasteiger partial charge in [0.2, 0.25) is 0 Å². The van der Waals surface area contributed by atoms with Gasteiger partial charge in [0.25, 0.3) is 5.91 Å². The van der Waals surface area contributed by atoms with Crippen molar-refractivity contribution in [1.82, 2.24) is 15.1 Å². The molecule has 2 rings (SSSR count). The summed E-state index contributed by atoms with van der Waals surface area (Å²) in [4.78, 5) is 16.5. The van der Waals surface area contributed by atoms with Crippen LogP contribution in [0.25, 0.3) is 0 Å². The average molecular weight is 241 g/mol. The number of carbonyl (C=O) groups is 1. The SMILES string of the molecule is CN(C)CC1CCCN1C(=O)C1CNCCO1. The lowest BCUT2D eigenvalue weighted by Crippen LogP contribution is -2.52. The minimum atomic E-state index is -0.272. The van der Waals surface area contributed by atoms with E-state index in [1.807, 2.05) is 4.90 Å². The summed E-state index contributed by atoms with van der Waals surface area (Å²) in [5.74, 6) is 0.168. The molecule has 0 bridgehead atoms. The first-order chi connectivity index (χ1) is 8.18. The van der Waals surface area contributed by atoms with Crippen molar-refractivity contribution in [3.63, 3.8) is 0 Å². The molecule has 0 aromatic rings. The Balaban J connectivity index is 1.92. The number of hydrogen-bond acceptors (Lipinski definition) is 4. The summed E-state index contributed by atoms with van der Waals surface area (Å²) in [5.41, 5.74) is 0. The minimum Gasteiger partial charge on any atom is -0.366 e. The third-order valence-corrected chi connectivity index (χ3v) is 3.44. The van der Waals surface area contributed by atoms with Crippen molar-refractivity contribution >= 4 is 5.91 Å². The first-order valence-corrected chi connectivity index (χ1v) is 6.46. The molecular weight excluding hydrogens is 218 g/mol. The van der Waals surface area contributed by atoms with Gasteiger partial charge in [-0.25, -0.2) is 0 Å². The van der Waals surface area contributed by atoms with E-state index in [1.165, 1.54) is 0 Å². The molecule has 2 aliphatic rings. The van der Waals surface area contributed by atoms with E-state index in [-0.39, 0.29) is 12.0 Å². The molecule has 0 spiro atoms. The second kappa shape index (κ2) is 5.80. The van der Waals surface area contributed by atoms with Crippen LogP contribution >= 0.6 is 0 Å². The molecule has 5 nitrogen and oxygen atoms in total. The molecule has 1 amide bonds. The van der Waals surface area contributed by atoms with E-state index in [2.05, 4.69) is 24.3 Å². The second-order valence-electron chi connectivity index (χ2n) is 5.15. The van der Waals surface area contributed by atoms with Crippen molar-refractivity contribution in [3.05, 3.63) is 0 Å². The van der Waals surface area contributed by atoms with Crippen LogP contribution in [0.4, 0.5) is 0 Å². The summed E-state index contributed by atoms with van der Waals surface area (Å²) in [6, 6.07) is 0.364. The lowest BCUT2D eigenvalue weighted by molar-refractivity contribution is -0.146. The Morgan fingerprint density at radius 2 is 2.35 bits per heavy atom. The van der Waals surface area contributed by atoms with Crippen LogP contribution in [0, 0.1) is 0 Å². The average Bonchev–Trinajstić information content (AvgIpc) is 2.76. The molecule has 2 atom stereocenters. The summed E-state index contributed by atoms with van der Waals surface area (Å²) in [6.07, 6.45) is 1.96.